The summed E-state index contributed by atoms with van der Waals surface area (Å²) < 4.78 is 40.8. The van der Waals surface area contributed by atoms with Gasteiger partial charge in [0.15, 0.2) is 5.13 Å². The maximum atomic E-state index is 12.3. The molecular formula is C17H21F3N4OS. The molecule has 0 unspecified atom stereocenters. The monoisotopic (exact) mass is 386 g/mol. The van der Waals surface area contributed by atoms with Crippen molar-refractivity contribution in [1.82, 2.24) is 15.2 Å². The van der Waals surface area contributed by atoms with Gasteiger partial charge in [0.25, 0.3) is 0 Å². The lowest BCUT2D eigenvalue weighted by Crippen LogP contribution is -2.32. The highest BCUT2D eigenvalue weighted by atomic mass is 32.1. The summed E-state index contributed by atoms with van der Waals surface area (Å²) in [5.74, 6) is -0.250. The van der Waals surface area contributed by atoms with Gasteiger partial charge in [0.2, 0.25) is 0 Å². The molecule has 1 fully saturated rings. The number of ether oxygens (including phenoxy) is 1. The van der Waals surface area contributed by atoms with Gasteiger partial charge in [-0.05, 0) is 44.2 Å². The molecule has 1 aromatic heterocycles. The third-order valence-electron chi connectivity index (χ3n) is 4.13. The largest absolute Gasteiger partial charge is 0.573 e. The topological polar surface area (TPSA) is 63.4 Å². The zero-order valence-electron chi connectivity index (χ0n) is 14.3. The summed E-state index contributed by atoms with van der Waals surface area (Å²) in [5, 5.41) is 3.61. The number of hydrogen-bond acceptors (Lipinski definition) is 6. The number of halogens is 3. The number of rotatable bonds is 8. The molecule has 2 aromatic rings. The molecule has 1 aliphatic rings. The average Bonchev–Trinajstić information content (AvgIpc) is 3.34. The zero-order chi connectivity index (χ0) is 18.7. The molecule has 26 heavy (non-hydrogen) atoms. The van der Waals surface area contributed by atoms with E-state index in [1.54, 1.807) is 12.1 Å². The van der Waals surface area contributed by atoms with E-state index in [-0.39, 0.29) is 5.75 Å². The summed E-state index contributed by atoms with van der Waals surface area (Å²) in [7, 11) is 1.92. The first kappa shape index (κ1) is 18.9. The third kappa shape index (κ3) is 5.09. The summed E-state index contributed by atoms with van der Waals surface area (Å²) in [5.41, 5.74) is 7.35. The predicted octanol–water partition coefficient (Wildman–Crippen LogP) is 3.47. The Hall–Kier alpha value is -1.84. The lowest BCUT2D eigenvalue weighted by Gasteiger charge is -2.21. The van der Waals surface area contributed by atoms with Crippen molar-refractivity contribution in [1.29, 1.82) is 0 Å². The van der Waals surface area contributed by atoms with Crippen LogP contribution in [0.1, 0.15) is 17.7 Å². The van der Waals surface area contributed by atoms with Crippen LogP contribution in [-0.4, -0.2) is 42.4 Å². The van der Waals surface area contributed by atoms with Crippen LogP contribution >= 0.6 is 11.3 Å². The number of thiazole rings is 1. The van der Waals surface area contributed by atoms with Crippen LogP contribution in [0, 0.1) is 0 Å². The van der Waals surface area contributed by atoms with Crippen molar-refractivity contribution in [3.63, 3.8) is 0 Å². The molecule has 142 valence electrons. The molecule has 1 aliphatic carbocycles. The zero-order valence-corrected chi connectivity index (χ0v) is 15.2. The van der Waals surface area contributed by atoms with E-state index >= 15 is 0 Å². The van der Waals surface area contributed by atoms with Crippen LogP contribution in [0.15, 0.2) is 24.3 Å². The molecule has 0 bridgehead atoms. The Morgan fingerprint density at radius 2 is 2.00 bits per heavy atom. The molecular weight excluding hydrogens is 365 g/mol. The van der Waals surface area contributed by atoms with Crippen molar-refractivity contribution in [3.8, 4) is 17.0 Å². The number of nitrogens with zero attached hydrogens (tertiary/aromatic N) is 2. The molecule has 0 amide bonds. The Morgan fingerprint density at radius 3 is 2.58 bits per heavy atom. The summed E-state index contributed by atoms with van der Waals surface area (Å²) >= 11 is 1.42. The molecule has 0 aliphatic heterocycles. The maximum Gasteiger partial charge on any atom is 0.573 e. The Kier molecular flexibility index (Phi) is 5.69. The van der Waals surface area contributed by atoms with E-state index in [0.29, 0.717) is 11.2 Å². The van der Waals surface area contributed by atoms with Gasteiger partial charge in [-0.15, -0.1) is 24.5 Å². The van der Waals surface area contributed by atoms with Crippen molar-refractivity contribution < 1.29 is 17.9 Å². The van der Waals surface area contributed by atoms with E-state index in [4.69, 9.17) is 5.73 Å². The first-order chi connectivity index (χ1) is 12.4. The molecule has 9 heteroatoms. The molecule has 5 nitrogen and oxygen atoms in total. The van der Waals surface area contributed by atoms with Crippen molar-refractivity contribution in [2.75, 3.05) is 25.9 Å². The SMILES string of the molecule is CNCCN(Cc1sc(N)nc1-c1ccc(OC(F)(F)F)cc1)C1CC1. The van der Waals surface area contributed by atoms with E-state index < -0.39 is 6.36 Å². The minimum absolute atomic E-state index is 0.250. The van der Waals surface area contributed by atoms with Crippen molar-refractivity contribution in [3.05, 3.63) is 29.1 Å². The predicted molar refractivity (Wildman–Crippen MR) is 96.0 cm³/mol. The standard InChI is InChI=1S/C17H21F3N4OS/c1-22-8-9-24(12-4-5-12)10-14-15(23-16(21)26-14)11-2-6-13(7-3-11)25-17(18,19)20/h2-3,6-7,12,22H,4-5,8-10H2,1H3,(H2,21,23). The molecule has 1 saturated carbocycles. The van der Waals surface area contributed by atoms with Gasteiger partial charge < -0.3 is 15.8 Å². The second-order valence-electron chi connectivity index (χ2n) is 6.20. The first-order valence-corrected chi connectivity index (χ1v) is 9.17. The van der Waals surface area contributed by atoms with E-state index in [2.05, 4.69) is 19.9 Å². The minimum Gasteiger partial charge on any atom is -0.406 e. The second-order valence-corrected chi connectivity index (χ2v) is 7.32. The van der Waals surface area contributed by atoms with Gasteiger partial charge in [-0.25, -0.2) is 4.98 Å². The van der Waals surface area contributed by atoms with Crippen LogP contribution in [-0.2, 0) is 6.54 Å². The molecule has 1 aromatic carbocycles. The summed E-state index contributed by atoms with van der Waals surface area (Å²) in [6, 6.07) is 6.33. The number of alkyl halides is 3. The van der Waals surface area contributed by atoms with Crippen LogP contribution < -0.4 is 15.8 Å². The van der Waals surface area contributed by atoms with Crippen molar-refractivity contribution >= 4 is 16.5 Å². The Labute approximate surface area is 154 Å². The van der Waals surface area contributed by atoms with Gasteiger partial charge >= 0.3 is 6.36 Å². The molecule has 0 saturated heterocycles. The molecule has 0 spiro atoms. The fourth-order valence-electron chi connectivity index (χ4n) is 2.79. The number of likely N-dealkylation sites (N-methyl/N-ethyl adjacent to an activating group) is 1. The van der Waals surface area contributed by atoms with Gasteiger partial charge in [0, 0.05) is 36.1 Å². The van der Waals surface area contributed by atoms with Gasteiger partial charge in [-0.1, -0.05) is 0 Å². The number of benzene rings is 1. The number of nitrogen functional groups attached to an aromatic ring is 1. The van der Waals surface area contributed by atoms with Crippen molar-refractivity contribution in [2.24, 2.45) is 0 Å². The first-order valence-electron chi connectivity index (χ1n) is 8.35. The van der Waals surface area contributed by atoms with Crippen LogP contribution in [0.2, 0.25) is 0 Å². The Bertz CT molecular complexity index is 729. The maximum absolute atomic E-state index is 12.3. The van der Waals surface area contributed by atoms with E-state index in [0.717, 1.165) is 35.8 Å². The second kappa shape index (κ2) is 7.81. The minimum atomic E-state index is -4.70. The number of anilines is 1. The fourth-order valence-corrected chi connectivity index (χ4v) is 3.67. The summed E-state index contributed by atoms with van der Waals surface area (Å²) in [4.78, 5) is 7.81. The Morgan fingerprint density at radius 1 is 1.31 bits per heavy atom. The van der Waals surface area contributed by atoms with Crippen LogP contribution in [0.25, 0.3) is 11.3 Å². The van der Waals surface area contributed by atoms with Gasteiger partial charge in [0.05, 0.1) is 5.69 Å². The van der Waals surface area contributed by atoms with Gasteiger partial charge in [-0.2, -0.15) is 0 Å². The highest BCUT2D eigenvalue weighted by molar-refractivity contribution is 7.15. The van der Waals surface area contributed by atoms with Crippen LogP contribution in [0.5, 0.6) is 5.75 Å². The molecule has 0 atom stereocenters. The van der Waals surface area contributed by atoms with Crippen molar-refractivity contribution in [2.45, 2.75) is 31.8 Å². The van der Waals surface area contributed by atoms with E-state index in [1.807, 2.05) is 7.05 Å². The van der Waals surface area contributed by atoms with E-state index in [1.165, 1.54) is 36.3 Å². The number of aromatic nitrogens is 1. The van der Waals surface area contributed by atoms with Crippen LogP contribution in [0.3, 0.4) is 0 Å². The average molecular weight is 386 g/mol. The molecule has 0 radical (unpaired) electrons. The number of hydrogen-bond donors (Lipinski definition) is 2. The van der Waals surface area contributed by atoms with E-state index in [9.17, 15) is 13.2 Å². The summed E-state index contributed by atoms with van der Waals surface area (Å²) in [6.45, 7) is 2.55. The summed E-state index contributed by atoms with van der Waals surface area (Å²) in [6.07, 6.45) is -2.32. The number of nitrogens with two attached hydrogens (primary N) is 1. The normalized spacial score (nSPS) is 14.8. The Balaban J connectivity index is 1.78. The lowest BCUT2D eigenvalue weighted by molar-refractivity contribution is -0.274. The van der Waals surface area contributed by atoms with Gasteiger partial charge in [0.1, 0.15) is 5.75 Å². The highest BCUT2D eigenvalue weighted by Crippen LogP contribution is 2.35. The highest BCUT2D eigenvalue weighted by Gasteiger charge is 2.31. The lowest BCUT2D eigenvalue weighted by atomic mass is 10.1. The van der Waals surface area contributed by atoms with Gasteiger partial charge in [-0.3, -0.25) is 4.90 Å². The number of nitrogens with one attached hydrogen (secondary N) is 1. The quantitative estimate of drug-likeness (QED) is 0.727. The van der Waals surface area contributed by atoms with Crippen LogP contribution in [0.4, 0.5) is 18.3 Å². The third-order valence-corrected chi connectivity index (χ3v) is 5.00. The molecule has 3 N–H and O–H groups in total. The molecule has 1 heterocycles. The molecule has 3 rings (SSSR count). The smallest absolute Gasteiger partial charge is 0.406 e. The fraction of sp³-hybridized carbons (Fsp3) is 0.471.